The van der Waals surface area contributed by atoms with Crippen molar-refractivity contribution in [3.8, 4) is 5.75 Å². The third-order valence-electron chi connectivity index (χ3n) is 9.15. The van der Waals surface area contributed by atoms with Crippen LogP contribution in [0.4, 0.5) is 0 Å². The first-order valence-corrected chi connectivity index (χ1v) is 13.2. The second kappa shape index (κ2) is 9.73. The lowest BCUT2D eigenvalue weighted by atomic mass is 9.55. The van der Waals surface area contributed by atoms with Crippen LogP contribution in [0.5, 0.6) is 5.75 Å². The van der Waals surface area contributed by atoms with E-state index in [1.807, 2.05) is 30.0 Å². The first-order chi connectivity index (χ1) is 16.5. The van der Waals surface area contributed by atoms with E-state index in [2.05, 4.69) is 37.3 Å². The maximum atomic E-state index is 12.5. The van der Waals surface area contributed by atoms with Crippen LogP contribution < -0.4 is 4.74 Å². The summed E-state index contributed by atoms with van der Waals surface area (Å²) >= 11 is 0. The summed E-state index contributed by atoms with van der Waals surface area (Å²) in [5.74, 6) is 3.08. The van der Waals surface area contributed by atoms with E-state index in [9.17, 15) is 9.90 Å². The van der Waals surface area contributed by atoms with Gasteiger partial charge in [0.15, 0.2) is 0 Å². The van der Waals surface area contributed by atoms with Gasteiger partial charge in [-0.25, -0.2) is 0 Å². The van der Waals surface area contributed by atoms with E-state index < -0.39 is 0 Å². The largest absolute Gasteiger partial charge is 0.492 e. The summed E-state index contributed by atoms with van der Waals surface area (Å²) in [6.07, 6.45) is 7.21. The minimum Gasteiger partial charge on any atom is -0.492 e. The number of aliphatic hydroxyl groups is 1. The monoisotopic (exact) mass is 461 g/mol. The molecule has 0 saturated heterocycles. The zero-order valence-corrected chi connectivity index (χ0v) is 20.7. The predicted molar refractivity (Wildman–Crippen MR) is 135 cm³/mol. The number of aliphatic hydroxyl groups excluding tert-OH is 1. The Morgan fingerprint density at radius 2 is 1.94 bits per heavy atom. The molecule has 0 spiro atoms. The normalized spacial score (nSPS) is 29.6. The molecule has 0 heterocycles. The number of hydrogen-bond donors (Lipinski definition) is 1. The Labute approximate surface area is 204 Å². The van der Waals surface area contributed by atoms with E-state index in [0.717, 1.165) is 30.6 Å². The summed E-state index contributed by atoms with van der Waals surface area (Å²) in [6, 6.07) is 16.8. The molecule has 182 valence electrons. The van der Waals surface area contributed by atoms with Crippen LogP contribution in [0.25, 0.3) is 0 Å². The standard InChI is InChI=1S/C30H39NO3/c1-3-29(33)31(20-21-7-5-4-6-8-21)17-18-34-23-10-12-24-22(19-23)9-11-26-25(24)15-16-30(2)27(26)13-14-28(30)32/h4-8,10,12,19,25-28,32H,3,9,11,13-18,20H2,1-2H3. The Morgan fingerprint density at radius 1 is 1.12 bits per heavy atom. The smallest absolute Gasteiger partial charge is 0.222 e. The van der Waals surface area contributed by atoms with E-state index in [1.54, 1.807) is 0 Å². The lowest BCUT2D eigenvalue weighted by Gasteiger charge is -2.50. The second-order valence-corrected chi connectivity index (χ2v) is 10.9. The van der Waals surface area contributed by atoms with Crippen LogP contribution in [-0.2, 0) is 17.8 Å². The van der Waals surface area contributed by atoms with Gasteiger partial charge in [-0.05, 0) is 90.5 Å². The van der Waals surface area contributed by atoms with Crippen molar-refractivity contribution in [3.63, 3.8) is 0 Å². The Kier molecular flexibility index (Phi) is 6.70. The van der Waals surface area contributed by atoms with Crippen molar-refractivity contribution >= 4 is 5.91 Å². The number of rotatable bonds is 7. The summed E-state index contributed by atoms with van der Waals surface area (Å²) in [4.78, 5) is 14.4. The van der Waals surface area contributed by atoms with E-state index in [1.165, 1.54) is 30.4 Å². The maximum Gasteiger partial charge on any atom is 0.222 e. The third-order valence-corrected chi connectivity index (χ3v) is 9.15. The van der Waals surface area contributed by atoms with Crippen LogP contribution in [0.15, 0.2) is 48.5 Å². The zero-order valence-electron chi connectivity index (χ0n) is 20.7. The number of benzene rings is 2. The number of nitrogens with zero attached hydrogens (tertiary/aromatic N) is 1. The maximum absolute atomic E-state index is 12.5. The average molecular weight is 462 g/mol. The molecule has 5 atom stereocenters. The molecule has 4 nitrogen and oxygen atoms in total. The van der Waals surface area contributed by atoms with Crippen molar-refractivity contribution in [1.29, 1.82) is 0 Å². The van der Waals surface area contributed by atoms with E-state index in [4.69, 9.17) is 4.74 Å². The van der Waals surface area contributed by atoms with Gasteiger partial charge in [0.25, 0.3) is 0 Å². The van der Waals surface area contributed by atoms with Crippen molar-refractivity contribution in [3.05, 3.63) is 65.2 Å². The number of fused-ring (bicyclic) bond motifs is 5. The SMILES string of the molecule is CCC(=O)N(CCOc1ccc2c(c1)CCC1C2CCC2(C)C(O)CCC12)Cc1ccccc1. The van der Waals surface area contributed by atoms with Crippen LogP contribution in [0.1, 0.15) is 75.0 Å². The Hall–Kier alpha value is -2.33. The summed E-state index contributed by atoms with van der Waals surface area (Å²) in [7, 11) is 0. The lowest BCUT2D eigenvalue weighted by Crippen LogP contribution is -2.43. The van der Waals surface area contributed by atoms with Crippen molar-refractivity contribution in [2.75, 3.05) is 13.2 Å². The third kappa shape index (κ3) is 4.37. The van der Waals surface area contributed by atoms with E-state index in [0.29, 0.717) is 43.9 Å². The van der Waals surface area contributed by atoms with Gasteiger partial charge in [-0.1, -0.05) is 50.2 Å². The van der Waals surface area contributed by atoms with Gasteiger partial charge >= 0.3 is 0 Å². The molecule has 1 N–H and O–H groups in total. The van der Waals surface area contributed by atoms with Crippen molar-refractivity contribution in [2.24, 2.45) is 17.3 Å². The fraction of sp³-hybridized carbons (Fsp3) is 0.567. The van der Waals surface area contributed by atoms with Gasteiger partial charge in [0.05, 0.1) is 12.6 Å². The Balaban J connectivity index is 1.22. The molecule has 2 saturated carbocycles. The molecule has 3 aliphatic carbocycles. The molecule has 4 heteroatoms. The number of amides is 1. The first-order valence-electron chi connectivity index (χ1n) is 13.2. The van der Waals surface area contributed by atoms with Crippen LogP contribution >= 0.6 is 0 Å². The molecule has 5 rings (SSSR count). The highest BCUT2D eigenvalue weighted by Crippen LogP contribution is 2.60. The van der Waals surface area contributed by atoms with Gasteiger partial charge in [0, 0.05) is 13.0 Å². The highest BCUT2D eigenvalue weighted by molar-refractivity contribution is 5.75. The highest BCUT2D eigenvalue weighted by atomic mass is 16.5. The quantitative estimate of drug-likeness (QED) is 0.574. The van der Waals surface area contributed by atoms with Gasteiger partial charge in [-0.15, -0.1) is 0 Å². The van der Waals surface area contributed by atoms with Crippen LogP contribution in [0, 0.1) is 17.3 Å². The molecule has 0 radical (unpaired) electrons. The zero-order chi connectivity index (χ0) is 23.7. The molecular weight excluding hydrogens is 422 g/mol. The Bertz CT molecular complexity index is 1010. The molecular formula is C30H39NO3. The van der Waals surface area contributed by atoms with Gasteiger partial charge < -0.3 is 14.7 Å². The number of hydrogen-bond acceptors (Lipinski definition) is 3. The molecule has 5 unspecified atom stereocenters. The topological polar surface area (TPSA) is 49.8 Å². The summed E-state index contributed by atoms with van der Waals surface area (Å²) in [6.45, 7) is 5.97. The highest BCUT2D eigenvalue weighted by Gasteiger charge is 2.54. The van der Waals surface area contributed by atoms with Crippen LogP contribution in [0.3, 0.4) is 0 Å². The van der Waals surface area contributed by atoms with Crippen LogP contribution in [0.2, 0.25) is 0 Å². The first kappa shape index (κ1) is 23.4. The number of aryl methyl sites for hydroxylation is 1. The minimum absolute atomic E-state index is 0.114. The molecule has 0 aliphatic heterocycles. The molecule has 3 aliphatic rings. The van der Waals surface area contributed by atoms with Crippen molar-refractivity contribution in [2.45, 2.75) is 77.4 Å². The minimum atomic E-state index is -0.114. The summed E-state index contributed by atoms with van der Waals surface area (Å²) in [5, 5.41) is 10.6. The van der Waals surface area contributed by atoms with E-state index in [-0.39, 0.29) is 17.4 Å². The number of carbonyl (C=O) groups excluding carboxylic acids is 1. The van der Waals surface area contributed by atoms with Gasteiger partial charge in [-0.3, -0.25) is 4.79 Å². The summed E-state index contributed by atoms with van der Waals surface area (Å²) < 4.78 is 6.14. The molecule has 2 aromatic rings. The molecule has 34 heavy (non-hydrogen) atoms. The predicted octanol–water partition coefficient (Wildman–Crippen LogP) is 5.72. The second-order valence-electron chi connectivity index (χ2n) is 10.9. The van der Waals surface area contributed by atoms with Crippen molar-refractivity contribution in [1.82, 2.24) is 4.90 Å². The van der Waals surface area contributed by atoms with Crippen molar-refractivity contribution < 1.29 is 14.6 Å². The molecule has 0 aromatic heterocycles. The van der Waals surface area contributed by atoms with Gasteiger partial charge in [-0.2, -0.15) is 0 Å². The molecule has 2 fully saturated rings. The van der Waals surface area contributed by atoms with E-state index >= 15 is 0 Å². The molecule has 0 bridgehead atoms. The van der Waals surface area contributed by atoms with Crippen LogP contribution in [-0.4, -0.2) is 35.2 Å². The average Bonchev–Trinajstić information content (AvgIpc) is 3.17. The Morgan fingerprint density at radius 3 is 2.74 bits per heavy atom. The molecule has 2 aromatic carbocycles. The number of ether oxygens (including phenoxy) is 1. The van der Waals surface area contributed by atoms with Gasteiger partial charge in [0.1, 0.15) is 12.4 Å². The fourth-order valence-corrected chi connectivity index (χ4v) is 7.21. The lowest BCUT2D eigenvalue weighted by molar-refractivity contribution is -0.131. The fourth-order valence-electron chi connectivity index (χ4n) is 7.21. The number of carbonyl (C=O) groups is 1. The summed E-state index contributed by atoms with van der Waals surface area (Å²) in [5.41, 5.74) is 4.22. The molecule has 1 amide bonds. The van der Waals surface area contributed by atoms with Gasteiger partial charge in [0.2, 0.25) is 5.91 Å².